The predicted octanol–water partition coefficient (Wildman–Crippen LogP) is 1.33. The Morgan fingerprint density at radius 1 is 1.34 bits per heavy atom. The molecule has 2 amide bonds. The molecule has 1 atom stereocenters. The summed E-state index contributed by atoms with van der Waals surface area (Å²) in [6.45, 7) is 0.0795. The third kappa shape index (κ3) is 3.81. The maximum Gasteiger partial charge on any atom is 0.417 e. The number of aromatic nitrogens is 2. The molecule has 29 heavy (non-hydrogen) atoms. The number of primary amides is 1. The van der Waals surface area contributed by atoms with Crippen LogP contribution in [0.4, 0.5) is 30.5 Å². The van der Waals surface area contributed by atoms with Crippen molar-refractivity contribution < 1.29 is 27.9 Å². The van der Waals surface area contributed by atoms with E-state index in [2.05, 4.69) is 15.3 Å². The normalized spacial score (nSPS) is 19.1. The van der Waals surface area contributed by atoms with Crippen LogP contribution in [-0.4, -0.2) is 39.0 Å². The first kappa shape index (κ1) is 20.0. The molecule has 9 nitrogen and oxygen atoms in total. The second kappa shape index (κ2) is 7.02. The number of nitrogens with zero attached hydrogens (tertiary/aromatic N) is 4. The van der Waals surface area contributed by atoms with Gasteiger partial charge in [-0.25, -0.2) is 9.97 Å². The highest BCUT2D eigenvalue weighted by molar-refractivity contribution is 6.03. The van der Waals surface area contributed by atoms with Crippen molar-refractivity contribution in [1.29, 1.82) is 5.26 Å². The van der Waals surface area contributed by atoms with E-state index in [1.807, 2.05) is 0 Å². The number of halogens is 3. The molecular formula is C17H13F3N6O3. The monoisotopic (exact) mass is 406 g/mol. The maximum atomic E-state index is 13.2. The van der Waals surface area contributed by atoms with Crippen molar-refractivity contribution in [3.63, 3.8) is 0 Å². The van der Waals surface area contributed by atoms with Gasteiger partial charge in [0.15, 0.2) is 0 Å². The van der Waals surface area contributed by atoms with E-state index in [0.717, 1.165) is 0 Å². The highest BCUT2D eigenvalue weighted by Crippen LogP contribution is 2.34. The Labute approximate surface area is 161 Å². The van der Waals surface area contributed by atoms with Crippen molar-refractivity contribution in [2.75, 3.05) is 16.8 Å². The zero-order valence-electron chi connectivity index (χ0n) is 14.6. The first-order chi connectivity index (χ1) is 13.5. The lowest BCUT2D eigenvalue weighted by Crippen LogP contribution is -2.38. The van der Waals surface area contributed by atoms with Crippen LogP contribution in [0, 0.1) is 11.3 Å². The Kier molecular flexibility index (Phi) is 4.85. The number of pyridine rings is 2. The zero-order chi connectivity index (χ0) is 21.4. The van der Waals surface area contributed by atoms with E-state index in [9.17, 15) is 27.9 Å². The fourth-order valence-corrected chi connectivity index (χ4v) is 2.80. The average Bonchev–Trinajstić information content (AvgIpc) is 2.96. The zero-order valence-corrected chi connectivity index (χ0v) is 14.6. The summed E-state index contributed by atoms with van der Waals surface area (Å²) >= 11 is 0. The number of nitriles is 1. The third-order valence-electron chi connectivity index (χ3n) is 4.27. The lowest BCUT2D eigenvalue weighted by atomic mass is 10.1. The molecule has 0 spiro atoms. The average molecular weight is 406 g/mol. The second-order valence-electron chi connectivity index (χ2n) is 6.18. The van der Waals surface area contributed by atoms with E-state index in [0.29, 0.717) is 12.3 Å². The summed E-state index contributed by atoms with van der Waals surface area (Å²) in [7, 11) is 0. The molecule has 2 aromatic rings. The van der Waals surface area contributed by atoms with Crippen LogP contribution >= 0.6 is 0 Å². The molecule has 0 aromatic carbocycles. The summed E-state index contributed by atoms with van der Waals surface area (Å²) in [5, 5.41) is 21.5. The Bertz CT molecular complexity index is 1040. The fraction of sp³-hybridized carbons (Fsp3) is 0.235. The first-order valence-corrected chi connectivity index (χ1v) is 8.11. The van der Waals surface area contributed by atoms with E-state index in [-0.39, 0.29) is 30.3 Å². The standard InChI is InChI=1S/C17H13F3N6O3/c18-17(19,20)11-6-13(24-7-10(11)14(22)27)25-12-5-9(1-3-23-12)26-4-2-16(29,8-21)15(26)28/h1,3,5-7,29H,2,4H2,(H2,22,27)(H,23,24,25)/t16-/m0/s1. The lowest BCUT2D eigenvalue weighted by molar-refractivity contribution is -0.138. The van der Waals surface area contributed by atoms with E-state index < -0.39 is 34.7 Å². The number of rotatable bonds is 4. The number of nitrogens with two attached hydrogens (primary N) is 1. The van der Waals surface area contributed by atoms with Crippen LogP contribution in [0.25, 0.3) is 0 Å². The van der Waals surface area contributed by atoms with Crippen molar-refractivity contribution in [2.24, 2.45) is 5.73 Å². The molecule has 0 saturated carbocycles. The number of hydrogen-bond donors (Lipinski definition) is 3. The highest BCUT2D eigenvalue weighted by atomic mass is 19.4. The van der Waals surface area contributed by atoms with Gasteiger partial charge in [-0.3, -0.25) is 9.59 Å². The van der Waals surface area contributed by atoms with Gasteiger partial charge in [0.1, 0.15) is 17.7 Å². The summed E-state index contributed by atoms with van der Waals surface area (Å²) in [5.41, 5.74) is 1.09. The van der Waals surface area contributed by atoms with Crippen LogP contribution in [0.3, 0.4) is 0 Å². The smallest absolute Gasteiger partial charge is 0.368 e. The molecule has 3 heterocycles. The summed E-state index contributed by atoms with van der Waals surface area (Å²) in [6, 6.07) is 4.96. The Balaban J connectivity index is 1.89. The number of nitrogens with one attached hydrogen (secondary N) is 1. The van der Waals surface area contributed by atoms with Crippen molar-refractivity contribution >= 4 is 29.1 Å². The Hall–Kier alpha value is -3.72. The number of anilines is 3. The van der Waals surface area contributed by atoms with Crippen molar-refractivity contribution in [3.05, 3.63) is 41.7 Å². The van der Waals surface area contributed by atoms with Crippen LogP contribution in [0.15, 0.2) is 30.6 Å². The number of aliphatic hydroxyl groups is 1. The predicted molar refractivity (Wildman–Crippen MR) is 92.8 cm³/mol. The van der Waals surface area contributed by atoms with Gasteiger partial charge < -0.3 is 21.1 Å². The molecule has 3 rings (SSSR count). The van der Waals surface area contributed by atoms with Crippen molar-refractivity contribution in [1.82, 2.24) is 9.97 Å². The Morgan fingerprint density at radius 2 is 2.03 bits per heavy atom. The van der Waals surface area contributed by atoms with Crippen molar-refractivity contribution in [3.8, 4) is 6.07 Å². The van der Waals surface area contributed by atoms with Crippen LogP contribution in [-0.2, 0) is 11.0 Å². The van der Waals surface area contributed by atoms with Crippen molar-refractivity contribution in [2.45, 2.75) is 18.2 Å². The van der Waals surface area contributed by atoms with E-state index in [4.69, 9.17) is 11.0 Å². The number of hydrogen-bond acceptors (Lipinski definition) is 7. The summed E-state index contributed by atoms with van der Waals surface area (Å²) < 4.78 is 39.5. The molecule has 1 fully saturated rings. The van der Waals surface area contributed by atoms with Gasteiger partial charge in [-0.1, -0.05) is 0 Å². The molecule has 12 heteroatoms. The molecule has 0 unspecified atom stereocenters. The largest absolute Gasteiger partial charge is 0.417 e. The third-order valence-corrected chi connectivity index (χ3v) is 4.27. The molecule has 0 radical (unpaired) electrons. The topological polar surface area (TPSA) is 145 Å². The van der Waals surface area contributed by atoms with Crippen LogP contribution in [0.5, 0.6) is 0 Å². The van der Waals surface area contributed by atoms with Gasteiger partial charge in [-0.15, -0.1) is 0 Å². The minimum Gasteiger partial charge on any atom is -0.368 e. The number of alkyl halides is 3. The minimum absolute atomic E-state index is 0.0511. The van der Waals surface area contributed by atoms with Crippen LogP contribution < -0.4 is 16.0 Å². The molecule has 0 aliphatic carbocycles. The number of amides is 2. The van der Waals surface area contributed by atoms with E-state index in [1.54, 1.807) is 6.07 Å². The molecule has 1 aliphatic heterocycles. The molecule has 2 aromatic heterocycles. The summed E-state index contributed by atoms with van der Waals surface area (Å²) in [6.07, 6.45) is -2.92. The van der Waals surface area contributed by atoms with Gasteiger partial charge >= 0.3 is 6.18 Å². The molecule has 4 N–H and O–H groups in total. The molecule has 1 aliphatic rings. The van der Waals surface area contributed by atoms with Crippen LogP contribution in [0.2, 0.25) is 0 Å². The second-order valence-corrected chi connectivity index (χ2v) is 6.18. The number of carbonyl (C=O) groups excluding carboxylic acids is 2. The first-order valence-electron chi connectivity index (χ1n) is 8.11. The van der Waals surface area contributed by atoms with E-state index in [1.165, 1.54) is 23.2 Å². The highest BCUT2D eigenvalue weighted by Gasteiger charge is 2.46. The summed E-state index contributed by atoms with van der Waals surface area (Å²) in [4.78, 5) is 32.3. The minimum atomic E-state index is -4.83. The fourth-order valence-electron chi connectivity index (χ4n) is 2.80. The van der Waals surface area contributed by atoms with Gasteiger partial charge in [0.25, 0.3) is 11.8 Å². The Morgan fingerprint density at radius 3 is 2.62 bits per heavy atom. The SMILES string of the molecule is N#C[C@@]1(O)CCN(c2ccnc(Nc3cc(C(F)(F)F)c(C(N)=O)cn3)c2)C1=O. The molecular weight excluding hydrogens is 393 g/mol. The lowest BCUT2D eigenvalue weighted by Gasteiger charge is -2.18. The van der Waals surface area contributed by atoms with Gasteiger partial charge in [-0.2, -0.15) is 18.4 Å². The molecule has 150 valence electrons. The summed E-state index contributed by atoms with van der Waals surface area (Å²) in [5.74, 6) is -2.28. The maximum absolute atomic E-state index is 13.2. The van der Waals surface area contributed by atoms with Gasteiger partial charge in [-0.05, 0) is 12.1 Å². The van der Waals surface area contributed by atoms with Gasteiger partial charge in [0.05, 0.1) is 11.1 Å². The quantitative estimate of drug-likeness (QED) is 0.650. The van der Waals surface area contributed by atoms with Gasteiger partial charge in [0.2, 0.25) is 5.60 Å². The molecule has 1 saturated heterocycles. The number of carbonyl (C=O) groups is 2. The molecule has 0 bridgehead atoms. The van der Waals surface area contributed by atoms with Crippen LogP contribution in [0.1, 0.15) is 22.3 Å². The van der Waals surface area contributed by atoms with E-state index >= 15 is 0 Å². The van der Waals surface area contributed by atoms with Gasteiger partial charge in [0, 0.05) is 37.1 Å².